The summed E-state index contributed by atoms with van der Waals surface area (Å²) in [6.45, 7) is 5.88. The van der Waals surface area contributed by atoms with Crippen molar-refractivity contribution in [2.75, 3.05) is 0 Å². The molecule has 21 heavy (non-hydrogen) atoms. The molecule has 0 aliphatic heterocycles. The monoisotopic (exact) mass is 284 g/mol. The maximum atomic E-state index is 3.61. The molecule has 0 heteroatoms. The van der Waals surface area contributed by atoms with Crippen molar-refractivity contribution in [3.63, 3.8) is 0 Å². The van der Waals surface area contributed by atoms with Crippen LogP contribution in [0.15, 0.2) is 73.4 Å². The number of hydrogen-bond donors (Lipinski definition) is 0. The van der Waals surface area contributed by atoms with Crippen molar-refractivity contribution in [1.82, 2.24) is 0 Å². The predicted molar refractivity (Wildman–Crippen MR) is 98.5 cm³/mol. The molecule has 0 unspecified atom stereocenters. The van der Waals surface area contributed by atoms with Crippen LogP contribution in [0.25, 0.3) is 0 Å². The van der Waals surface area contributed by atoms with Crippen molar-refractivity contribution in [3.05, 3.63) is 73.4 Å². The van der Waals surface area contributed by atoms with Crippen molar-refractivity contribution < 1.29 is 0 Å². The Labute approximate surface area is 132 Å². The third-order valence-corrected chi connectivity index (χ3v) is 3.14. The van der Waals surface area contributed by atoms with E-state index in [0.29, 0.717) is 0 Å². The standard InChI is InChI=1S/C21H32/c1-3-5-7-9-11-13-15-17-19-21-20-18-16-14-12-10-8-6-4-2/h3,5,7,9,11,13,15,17,19-21H,1,4,6,8,10,12,14,16,18H2,2H3/b7-5-,11-9-,15-13+,19-17-,21-20-. The molecule has 0 radical (unpaired) electrons. The first-order valence-electron chi connectivity index (χ1n) is 8.36. The van der Waals surface area contributed by atoms with Gasteiger partial charge in [-0.3, -0.25) is 0 Å². The molecule has 0 nitrogen and oxygen atoms in total. The Morgan fingerprint density at radius 1 is 0.571 bits per heavy atom. The van der Waals surface area contributed by atoms with Gasteiger partial charge in [-0.1, -0.05) is 119 Å². The summed E-state index contributed by atoms with van der Waals surface area (Å²) in [7, 11) is 0. The van der Waals surface area contributed by atoms with Crippen LogP contribution >= 0.6 is 0 Å². The van der Waals surface area contributed by atoms with E-state index in [-0.39, 0.29) is 0 Å². The van der Waals surface area contributed by atoms with Gasteiger partial charge in [-0.05, 0) is 12.8 Å². The van der Waals surface area contributed by atoms with E-state index in [2.05, 4.69) is 37.8 Å². The largest absolute Gasteiger partial charge is 0.0991 e. The number of unbranched alkanes of at least 4 members (excludes halogenated alkanes) is 7. The van der Waals surface area contributed by atoms with Gasteiger partial charge in [0.2, 0.25) is 0 Å². The van der Waals surface area contributed by atoms with Gasteiger partial charge in [-0.2, -0.15) is 0 Å². The molecule has 0 aliphatic rings. The Morgan fingerprint density at radius 3 is 1.62 bits per heavy atom. The highest BCUT2D eigenvalue weighted by Crippen LogP contribution is 2.08. The summed E-state index contributed by atoms with van der Waals surface area (Å²) in [5.74, 6) is 0. The van der Waals surface area contributed by atoms with E-state index in [1.807, 2.05) is 36.5 Å². The molecule has 0 saturated heterocycles. The van der Waals surface area contributed by atoms with Crippen molar-refractivity contribution in [1.29, 1.82) is 0 Å². The number of allylic oxidation sites excluding steroid dienone is 11. The van der Waals surface area contributed by atoms with Gasteiger partial charge in [0.05, 0.1) is 0 Å². The Bertz CT molecular complexity index is 350. The zero-order chi connectivity index (χ0) is 15.4. The van der Waals surface area contributed by atoms with E-state index in [4.69, 9.17) is 0 Å². The van der Waals surface area contributed by atoms with Crippen LogP contribution < -0.4 is 0 Å². The molecule has 0 N–H and O–H groups in total. The van der Waals surface area contributed by atoms with Gasteiger partial charge in [0.15, 0.2) is 0 Å². The fourth-order valence-electron chi connectivity index (χ4n) is 1.92. The average molecular weight is 284 g/mol. The lowest BCUT2D eigenvalue weighted by Gasteiger charge is -1.98. The van der Waals surface area contributed by atoms with Crippen LogP contribution in [0, 0.1) is 0 Å². The van der Waals surface area contributed by atoms with Crippen LogP contribution in [0.4, 0.5) is 0 Å². The maximum Gasteiger partial charge on any atom is -0.0348 e. The second kappa shape index (κ2) is 18.4. The Morgan fingerprint density at radius 2 is 1.05 bits per heavy atom. The summed E-state index contributed by atoms with van der Waals surface area (Å²) in [6.07, 6.45) is 33.1. The Kier molecular flexibility index (Phi) is 17.1. The van der Waals surface area contributed by atoms with Crippen LogP contribution in [0.5, 0.6) is 0 Å². The number of rotatable bonds is 13. The zero-order valence-electron chi connectivity index (χ0n) is 13.7. The lowest BCUT2D eigenvalue weighted by molar-refractivity contribution is 0.592. The summed E-state index contributed by atoms with van der Waals surface area (Å²) in [4.78, 5) is 0. The molecule has 0 aromatic carbocycles. The Balaban J connectivity index is 3.44. The molecule has 0 saturated carbocycles. The molecule has 0 aromatic rings. The van der Waals surface area contributed by atoms with E-state index >= 15 is 0 Å². The fourth-order valence-corrected chi connectivity index (χ4v) is 1.92. The van der Waals surface area contributed by atoms with Gasteiger partial charge >= 0.3 is 0 Å². The van der Waals surface area contributed by atoms with Gasteiger partial charge in [-0.25, -0.2) is 0 Å². The normalized spacial score (nSPS) is 12.8. The zero-order valence-corrected chi connectivity index (χ0v) is 13.7. The number of hydrogen-bond acceptors (Lipinski definition) is 0. The molecule has 0 heterocycles. The first-order valence-corrected chi connectivity index (χ1v) is 8.36. The molecule has 0 aliphatic carbocycles. The molecular weight excluding hydrogens is 252 g/mol. The van der Waals surface area contributed by atoms with Crippen LogP contribution in [-0.2, 0) is 0 Å². The smallest absolute Gasteiger partial charge is 0.0348 e. The summed E-state index contributed by atoms with van der Waals surface area (Å²) < 4.78 is 0. The Hall–Kier alpha value is -1.56. The molecule has 0 amide bonds. The summed E-state index contributed by atoms with van der Waals surface area (Å²) in [6, 6.07) is 0. The fraction of sp³-hybridized carbons (Fsp3) is 0.429. The molecule has 0 aromatic heterocycles. The second-order valence-corrected chi connectivity index (χ2v) is 5.11. The molecule has 0 rings (SSSR count). The lowest BCUT2D eigenvalue weighted by Crippen LogP contribution is -1.78. The minimum Gasteiger partial charge on any atom is -0.0991 e. The van der Waals surface area contributed by atoms with E-state index in [0.717, 1.165) is 0 Å². The lowest BCUT2D eigenvalue weighted by atomic mass is 10.1. The van der Waals surface area contributed by atoms with Crippen molar-refractivity contribution in [3.8, 4) is 0 Å². The molecule has 116 valence electrons. The summed E-state index contributed by atoms with van der Waals surface area (Å²) >= 11 is 0. The second-order valence-electron chi connectivity index (χ2n) is 5.11. The van der Waals surface area contributed by atoms with Crippen LogP contribution in [0.2, 0.25) is 0 Å². The molecular formula is C21H32. The van der Waals surface area contributed by atoms with Crippen molar-refractivity contribution in [2.45, 2.75) is 58.3 Å². The van der Waals surface area contributed by atoms with Crippen molar-refractivity contribution >= 4 is 0 Å². The van der Waals surface area contributed by atoms with Gasteiger partial charge in [0, 0.05) is 0 Å². The summed E-state index contributed by atoms with van der Waals surface area (Å²) in [5, 5.41) is 0. The van der Waals surface area contributed by atoms with E-state index < -0.39 is 0 Å². The predicted octanol–water partition coefficient (Wildman–Crippen LogP) is 7.09. The van der Waals surface area contributed by atoms with Crippen LogP contribution in [0.3, 0.4) is 0 Å². The van der Waals surface area contributed by atoms with E-state index in [1.54, 1.807) is 6.08 Å². The quantitative estimate of drug-likeness (QED) is 0.250. The summed E-state index contributed by atoms with van der Waals surface area (Å²) in [5.41, 5.74) is 0. The van der Waals surface area contributed by atoms with E-state index in [9.17, 15) is 0 Å². The van der Waals surface area contributed by atoms with Crippen molar-refractivity contribution in [2.24, 2.45) is 0 Å². The van der Waals surface area contributed by atoms with Gasteiger partial charge < -0.3 is 0 Å². The maximum absolute atomic E-state index is 3.61. The van der Waals surface area contributed by atoms with E-state index in [1.165, 1.54) is 51.4 Å². The third kappa shape index (κ3) is 18.4. The molecule has 0 fully saturated rings. The third-order valence-electron chi connectivity index (χ3n) is 3.14. The molecule has 0 bridgehead atoms. The van der Waals surface area contributed by atoms with Crippen LogP contribution in [-0.4, -0.2) is 0 Å². The topological polar surface area (TPSA) is 0 Å². The van der Waals surface area contributed by atoms with Gasteiger partial charge in [-0.15, -0.1) is 0 Å². The minimum atomic E-state index is 1.20. The average Bonchev–Trinajstić information content (AvgIpc) is 2.50. The highest BCUT2D eigenvalue weighted by Gasteiger charge is 1.88. The van der Waals surface area contributed by atoms with Gasteiger partial charge in [0.25, 0.3) is 0 Å². The highest BCUT2D eigenvalue weighted by molar-refractivity contribution is 5.18. The first-order chi connectivity index (χ1) is 10.4. The minimum absolute atomic E-state index is 1.20. The SMILES string of the molecule is C=C\C=C/C=C\C=C\C=C/C=C\CCCCCCCCC. The highest BCUT2D eigenvalue weighted by atomic mass is 13.9. The van der Waals surface area contributed by atoms with Crippen LogP contribution in [0.1, 0.15) is 58.3 Å². The van der Waals surface area contributed by atoms with Gasteiger partial charge in [0.1, 0.15) is 0 Å². The molecule has 0 spiro atoms. The first kappa shape index (κ1) is 19.4. The molecule has 0 atom stereocenters.